The van der Waals surface area contributed by atoms with Crippen LogP contribution in [0.3, 0.4) is 0 Å². The molecule has 0 aromatic heterocycles. The number of amides is 1. The Morgan fingerprint density at radius 1 is 1.09 bits per heavy atom. The van der Waals surface area contributed by atoms with Crippen molar-refractivity contribution >= 4 is 52.3 Å². The predicted molar refractivity (Wildman–Crippen MR) is 90.2 cm³/mol. The second-order valence-electron chi connectivity index (χ2n) is 4.49. The summed E-state index contributed by atoms with van der Waals surface area (Å²) in [4.78, 5) is 12.1. The quantitative estimate of drug-likeness (QED) is 0.805. The molecule has 0 fully saturated rings. The van der Waals surface area contributed by atoms with E-state index in [-0.39, 0.29) is 22.2 Å². The van der Waals surface area contributed by atoms with Crippen LogP contribution in [0.25, 0.3) is 0 Å². The molecule has 7 heteroatoms. The normalized spacial score (nSPS) is 12.0. The zero-order chi connectivity index (χ0) is 16.3. The summed E-state index contributed by atoms with van der Waals surface area (Å²) in [7, 11) is 0. The second-order valence-corrected chi connectivity index (χ2v) is 6.12. The lowest BCUT2D eigenvalue weighted by molar-refractivity contribution is 0.0916. The van der Waals surface area contributed by atoms with Gasteiger partial charge in [0.2, 0.25) is 0 Å². The van der Waals surface area contributed by atoms with Crippen LogP contribution < -0.4 is 5.32 Å². The van der Waals surface area contributed by atoms with Crippen LogP contribution in [0.4, 0.5) is 0 Å². The van der Waals surface area contributed by atoms with E-state index in [4.69, 9.17) is 46.4 Å². The molecule has 0 aliphatic carbocycles. The molecule has 0 radical (unpaired) electrons. The summed E-state index contributed by atoms with van der Waals surface area (Å²) in [5.74, 6) is -0.434. The van der Waals surface area contributed by atoms with E-state index in [9.17, 15) is 9.90 Å². The van der Waals surface area contributed by atoms with Gasteiger partial charge in [-0.3, -0.25) is 4.79 Å². The van der Waals surface area contributed by atoms with Crippen molar-refractivity contribution in [2.24, 2.45) is 0 Å². The molecule has 2 aromatic carbocycles. The summed E-state index contributed by atoms with van der Waals surface area (Å²) in [5, 5.41) is 13.9. The third-order valence-electron chi connectivity index (χ3n) is 2.97. The van der Waals surface area contributed by atoms with Gasteiger partial charge in [0, 0.05) is 22.2 Å². The van der Waals surface area contributed by atoms with Gasteiger partial charge in [-0.2, -0.15) is 0 Å². The lowest BCUT2D eigenvalue weighted by Gasteiger charge is -2.14. The molecule has 3 nitrogen and oxygen atoms in total. The number of aliphatic hydroxyl groups is 1. The number of nitrogens with one attached hydrogen (secondary N) is 1. The van der Waals surface area contributed by atoms with Crippen LogP contribution in [0.15, 0.2) is 36.4 Å². The highest BCUT2D eigenvalue weighted by Crippen LogP contribution is 2.27. The van der Waals surface area contributed by atoms with Crippen molar-refractivity contribution in [1.29, 1.82) is 0 Å². The SMILES string of the molecule is O=C(NC[C@@H](O)c1ccc(Cl)cc1Cl)c1cccc(Cl)c1Cl. The Morgan fingerprint density at radius 2 is 1.82 bits per heavy atom. The van der Waals surface area contributed by atoms with Crippen molar-refractivity contribution in [3.8, 4) is 0 Å². The standard InChI is InChI=1S/C15H11Cl4NO2/c16-8-4-5-9(12(18)6-8)13(21)7-20-15(22)10-2-1-3-11(17)14(10)19/h1-6,13,21H,7H2,(H,20,22)/t13-/m1/s1. The van der Waals surface area contributed by atoms with Crippen LogP contribution >= 0.6 is 46.4 Å². The lowest BCUT2D eigenvalue weighted by atomic mass is 10.1. The van der Waals surface area contributed by atoms with Gasteiger partial charge in [-0.15, -0.1) is 0 Å². The van der Waals surface area contributed by atoms with E-state index in [1.807, 2.05) is 0 Å². The molecule has 0 spiro atoms. The van der Waals surface area contributed by atoms with Crippen molar-refractivity contribution in [3.05, 3.63) is 67.6 Å². The van der Waals surface area contributed by atoms with E-state index in [0.29, 0.717) is 15.6 Å². The molecule has 22 heavy (non-hydrogen) atoms. The molecule has 0 saturated carbocycles. The van der Waals surface area contributed by atoms with Crippen molar-refractivity contribution in [2.45, 2.75) is 6.10 Å². The topological polar surface area (TPSA) is 49.3 Å². The molecular weight excluding hydrogens is 368 g/mol. The van der Waals surface area contributed by atoms with E-state index in [1.165, 1.54) is 6.07 Å². The molecule has 2 N–H and O–H groups in total. The average Bonchev–Trinajstić information content (AvgIpc) is 2.47. The fourth-order valence-corrected chi connectivity index (χ4v) is 2.77. The third-order valence-corrected chi connectivity index (χ3v) is 4.36. The van der Waals surface area contributed by atoms with E-state index in [1.54, 1.807) is 30.3 Å². The number of aliphatic hydroxyl groups excluding tert-OH is 1. The minimum atomic E-state index is -0.966. The molecular formula is C15H11Cl4NO2. The van der Waals surface area contributed by atoms with Crippen LogP contribution in [0, 0.1) is 0 Å². The smallest absolute Gasteiger partial charge is 0.252 e. The van der Waals surface area contributed by atoms with Crippen LogP contribution in [0.5, 0.6) is 0 Å². The third kappa shape index (κ3) is 4.06. The van der Waals surface area contributed by atoms with Gasteiger partial charge >= 0.3 is 0 Å². The first-order valence-electron chi connectivity index (χ1n) is 6.25. The Morgan fingerprint density at radius 3 is 2.50 bits per heavy atom. The number of rotatable bonds is 4. The van der Waals surface area contributed by atoms with Gasteiger partial charge in [-0.1, -0.05) is 58.5 Å². The number of carbonyl (C=O) groups is 1. The average molecular weight is 379 g/mol. The summed E-state index contributed by atoms with van der Waals surface area (Å²) >= 11 is 23.6. The first-order valence-corrected chi connectivity index (χ1v) is 7.76. The van der Waals surface area contributed by atoms with Crippen molar-refractivity contribution in [2.75, 3.05) is 6.54 Å². The number of hydrogen-bond acceptors (Lipinski definition) is 2. The first-order chi connectivity index (χ1) is 10.4. The molecule has 0 bridgehead atoms. The molecule has 116 valence electrons. The van der Waals surface area contributed by atoms with Crippen molar-refractivity contribution < 1.29 is 9.90 Å². The van der Waals surface area contributed by atoms with Crippen LogP contribution in [0.2, 0.25) is 20.1 Å². The van der Waals surface area contributed by atoms with Gasteiger partial charge in [0.15, 0.2) is 0 Å². The van der Waals surface area contributed by atoms with Gasteiger partial charge in [-0.05, 0) is 24.3 Å². The predicted octanol–water partition coefficient (Wildman–Crippen LogP) is 4.76. The summed E-state index contributed by atoms with van der Waals surface area (Å²) in [6.07, 6.45) is -0.966. The van der Waals surface area contributed by atoms with Gasteiger partial charge in [0.25, 0.3) is 5.91 Å². The Hall–Kier alpha value is -0.970. The van der Waals surface area contributed by atoms with Crippen LogP contribution in [-0.4, -0.2) is 17.6 Å². The Kier molecular flexibility index (Phi) is 5.95. The van der Waals surface area contributed by atoms with E-state index in [2.05, 4.69) is 5.32 Å². The fraction of sp³-hybridized carbons (Fsp3) is 0.133. The Balaban J connectivity index is 2.06. The molecule has 0 aliphatic rings. The number of carbonyl (C=O) groups excluding carboxylic acids is 1. The van der Waals surface area contributed by atoms with Gasteiger partial charge in [0.1, 0.15) is 0 Å². The minimum Gasteiger partial charge on any atom is -0.387 e. The maximum absolute atomic E-state index is 12.1. The van der Waals surface area contributed by atoms with Gasteiger partial charge in [0.05, 0.1) is 21.7 Å². The van der Waals surface area contributed by atoms with Crippen molar-refractivity contribution in [3.63, 3.8) is 0 Å². The molecule has 1 amide bonds. The number of benzene rings is 2. The first kappa shape index (κ1) is 17.4. The Labute approximate surface area is 147 Å². The minimum absolute atomic E-state index is 0.0248. The molecule has 0 unspecified atom stereocenters. The monoisotopic (exact) mass is 377 g/mol. The summed E-state index contributed by atoms with van der Waals surface area (Å²) in [6.45, 7) is -0.0248. The summed E-state index contributed by atoms with van der Waals surface area (Å²) in [6, 6.07) is 9.50. The summed E-state index contributed by atoms with van der Waals surface area (Å²) < 4.78 is 0. The van der Waals surface area contributed by atoms with E-state index < -0.39 is 12.0 Å². The molecule has 2 aromatic rings. The maximum Gasteiger partial charge on any atom is 0.252 e. The fourth-order valence-electron chi connectivity index (χ4n) is 1.85. The number of hydrogen-bond donors (Lipinski definition) is 2. The second kappa shape index (κ2) is 7.53. The molecule has 1 atom stereocenters. The zero-order valence-corrected chi connectivity index (χ0v) is 14.1. The zero-order valence-electron chi connectivity index (χ0n) is 11.1. The Bertz CT molecular complexity index is 706. The van der Waals surface area contributed by atoms with Crippen LogP contribution in [0.1, 0.15) is 22.0 Å². The van der Waals surface area contributed by atoms with E-state index >= 15 is 0 Å². The molecule has 0 aliphatic heterocycles. The van der Waals surface area contributed by atoms with Gasteiger partial charge < -0.3 is 10.4 Å². The lowest BCUT2D eigenvalue weighted by Crippen LogP contribution is -2.28. The maximum atomic E-state index is 12.1. The highest BCUT2D eigenvalue weighted by Gasteiger charge is 2.16. The largest absolute Gasteiger partial charge is 0.387 e. The number of halogens is 4. The molecule has 2 rings (SSSR count). The van der Waals surface area contributed by atoms with Crippen LogP contribution in [-0.2, 0) is 0 Å². The highest BCUT2D eigenvalue weighted by atomic mass is 35.5. The van der Waals surface area contributed by atoms with Gasteiger partial charge in [-0.25, -0.2) is 0 Å². The molecule has 0 saturated heterocycles. The van der Waals surface area contributed by atoms with Crippen molar-refractivity contribution in [1.82, 2.24) is 5.32 Å². The van der Waals surface area contributed by atoms with E-state index in [0.717, 1.165) is 0 Å². The summed E-state index contributed by atoms with van der Waals surface area (Å²) in [5.41, 5.74) is 0.715. The molecule has 0 heterocycles. The highest BCUT2D eigenvalue weighted by molar-refractivity contribution is 6.43.